The highest BCUT2D eigenvalue weighted by atomic mass is 32.2. The molecule has 0 saturated heterocycles. The number of hydrazone groups is 1. The highest BCUT2D eigenvalue weighted by molar-refractivity contribution is 8.16. The maximum absolute atomic E-state index is 11.0. The fraction of sp³-hybridized carbons (Fsp3) is 0.308. The first-order valence-electron chi connectivity index (χ1n) is 6.04. The van der Waals surface area contributed by atoms with Gasteiger partial charge in [0.1, 0.15) is 5.04 Å². The van der Waals surface area contributed by atoms with Crippen molar-refractivity contribution < 1.29 is 19.4 Å². The van der Waals surface area contributed by atoms with E-state index in [1.54, 1.807) is 11.8 Å². The maximum Gasteiger partial charge on any atom is 0.425 e. The van der Waals surface area contributed by atoms with E-state index >= 15 is 0 Å². The van der Waals surface area contributed by atoms with Crippen LogP contribution in [0.3, 0.4) is 0 Å². The predicted octanol–water partition coefficient (Wildman–Crippen LogP) is 2.66. The van der Waals surface area contributed by atoms with Crippen LogP contribution in [0, 0.1) is 0 Å². The molecule has 6 nitrogen and oxygen atoms in total. The third-order valence-corrected chi connectivity index (χ3v) is 4.37. The molecule has 2 N–H and O–H groups in total. The molecule has 0 aliphatic heterocycles. The molecule has 1 amide bonds. The molecule has 0 fully saturated rings. The van der Waals surface area contributed by atoms with Gasteiger partial charge in [0.25, 0.3) is 0 Å². The Kier molecular flexibility index (Phi) is 8.37. The minimum Gasteiger partial charge on any atom is -0.469 e. The van der Waals surface area contributed by atoms with E-state index in [-0.39, 0.29) is 12.4 Å². The van der Waals surface area contributed by atoms with E-state index in [1.165, 1.54) is 18.9 Å². The summed E-state index contributed by atoms with van der Waals surface area (Å²) in [5.74, 6) is 0.710. The van der Waals surface area contributed by atoms with Crippen LogP contribution in [-0.4, -0.2) is 40.8 Å². The summed E-state index contributed by atoms with van der Waals surface area (Å²) >= 11 is 2.87. The summed E-state index contributed by atoms with van der Waals surface area (Å²) in [6.07, 6.45) is -0.964. The highest BCUT2D eigenvalue weighted by Gasteiger charge is 2.06. The van der Waals surface area contributed by atoms with Gasteiger partial charge in [-0.3, -0.25) is 4.79 Å². The lowest BCUT2D eigenvalue weighted by atomic mass is 10.4. The van der Waals surface area contributed by atoms with E-state index < -0.39 is 6.09 Å². The number of methoxy groups -OCH3 is 1. The standard InChI is InChI=1S/C13H16N2O4S2/c1-19-12(16)7-8-20-11(14-15-13(17)18)9-21-10-5-3-2-4-6-10/h2-6,15H,7-9H2,1H3,(H,17,18)/b14-11-. The van der Waals surface area contributed by atoms with Crippen LogP contribution < -0.4 is 5.43 Å². The molecule has 0 atom stereocenters. The van der Waals surface area contributed by atoms with Gasteiger partial charge in [-0.25, -0.2) is 10.2 Å². The summed E-state index contributed by atoms with van der Waals surface area (Å²) in [5, 5.41) is 13.0. The lowest BCUT2D eigenvalue weighted by Crippen LogP contribution is -2.17. The molecule has 0 unspecified atom stereocenters. The Morgan fingerprint density at radius 3 is 2.67 bits per heavy atom. The smallest absolute Gasteiger partial charge is 0.425 e. The second-order valence-corrected chi connectivity index (χ2v) is 5.92. The van der Waals surface area contributed by atoms with Gasteiger partial charge >= 0.3 is 12.1 Å². The number of nitrogens with zero attached hydrogens (tertiary/aromatic N) is 1. The molecule has 114 valence electrons. The van der Waals surface area contributed by atoms with Crippen LogP contribution >= 0.6 is 23.5 Å². The van der Waals surface area contributed by atoms with Crippen LogP contribution in [-0.2, 0) is 9.53 Å². The van der Waals surface area contributed by atoms with Gasteiger partial charge in [-0.1, -0.05) is 18.2 Å². The molecular formula is C13H16N2O4S2. The fourth-order valence-electron chi connectivity index (χ4n) is 1.23. The lowest BCUT2D eigenvalue weighted by Gasteiger charge is -2.06. The van der Waals surface area contributed by atoms with E-state index in [0.717, 1.165) is 4.90 Å². The van der Waals surface area contributed by atoms with Crippen molar-refractivity contribution in [1.29, 1.82) is 0 Å². The Balaban J connectivity index is 2.49. The molecule has 0 aliphatic rings. The summed E-state index contributed by atoms with van der Waals surface area (Å²) < 4.78 is 4.55. The molecule has 0 aromatic heterocycles. The second kappa shape index (κ2) is 10.1. The summed E-state index contributed by atoms with van der Waals surface area (Å²) in [4.78, 5) is 22.6. The summed E-state index contributed by atoms with van der Waals surface area (Å²) in [5.41, 5.74) is 1.99. The van der Waals surface area contributed by atoms with Gasteiger partial charge in [-0.2, -0.15) is 5.10 Å². The first-order valence-corrected chi connectivity index (χ1v) is 8.02. The summed E-state index contributed by atoms with van der Waals surface area (Å²) in [6, 6.07) is 9.71. The van der Waals surface area contributed by atoms with E-state index in [0.29, 0.717) is 16.5 Å². The summed E-state index contributed by atoms with van der Waals surface area (Å²) in [7, 11) is 1.33. The van der Waals surface area contributed by atoms with Crippen molar-refractivity contribution in [1.82, 2.24) is 5.43 Å². The Morgan fingerprint density at radius 2 is 2.05 bits per heavy atom. The third kappa shape index (κ3) is 8.26. The second-order valence-electron chi connectivity index (χ2n) is 3.70. The number of amides is 1. The first kappa shape index (κ1) is 17.4. The van der Waals surface area contributed by atoms with Crippen molar-refractivity contribution in [2.45, 2.75) is 11.3 Å². The lowest BCUT2D eigenvalue weighted by molar-refractivity contribution is -0.140. The van der Waals surface area contributed by atoms with Crippen LogP contribution in [0.25, 0.3) is 0 Å². The minimum atomic E-state index is -1.22. The van der Waals surface area contributed by atoms with Gasteiger partial charge in [0, 0.05) is 16.4 Å². The molecule has 1 aromatic carbocycles. The molecule has 0 heterocycles. The van der Waals surface area contributed by atoms with Crippen LogP contribution in [0.5, 0.6) is 0 Å². The topological polar surface area (TPSA) is 88.0 Å². The van der Waals surface area contributed by atoms with Gasteiger partial charge in [0.2, 0.25) is 0 Å². The van der Waals surface area contributed by atoms with Crippen LogP contribution in [0.4, 0.5) is 4.79 Å². The molecule has 0 aliphatic carbocycles. The predicted molar refractivity (Wildman–Crippen MR) is 84.9 cm³/mol. The number of hydrogen-bond acceptors (Lipinski definition) is 6. The average Bonchev–Trinajstić information content (AvgIpc) is 2.50. The molecule has 0 radical (unpaired) electrons. The monoisotopic (exact) mass is 328 g/mol. The van der Waals surface area contributed by atoms with E-state index in [9.17, 15) is 9.59 Å². The minimum absolute atomic E-state index is 0.253. The number of rotatable bonds is 7. The van der Waals surface area contributed by atoms with Crippen LogP contribution in [0.15, 0.2) is 40.3 Å². The zero-order valence-corrected chi connectivity index (χ0v) is 13.1. The molecule has 8 heteroatoms. The molecule has 1 aromatic rings. The normalized spacial score (nSPS) is 11.0. The molecule has 0 spiro atoms. The fourth-order valence-corrected chi connectivity index (χ4v) is 3.06. The molecule has 0 bridgehead atoms. The number of benzene rings is 1. The highest BCUT2D eigenvalue weighted by Crippen LogP contribution is 2.20. The zero-order chi connectivity index (χ0) is 15.5. The summed E-state index contributed by atoms with van der Waals surface area (Å²) in [6.45, 7) is 0. The zero-order valence-electron chi connectivity index (χ0n) is 11.4. The van der Waals surface area contributed by atoms with Crippen molar-refractivity contribution in [3.05, 3.63) is 30.3 Å². The SMILES string of the molecule is COC(=O)CCS/C(CSc1ccccc1)=N\NC(=O)O. The number of nitrogens with one attached hydrogen (secondary N) is 1. The van der Waals surface area contributed by atoms with Crippen molar-refractivity contribution in [3.63, 3.8) is 0 Å². The Bertz CT molecular complexity index is 494. The average molecular weight is 328 g/mol. The number of thioether (sulfide) groups is 2. The van der Waals surface area contributed by atoms with Gasteiger partial charge in [0.15, 0.2) is 0 Å². The number of carbonyl (C=O) groups is 2. The van der Waals surface area contributed by atoms with Crippen LogP contribution in [0.1, 0.15) is 6.42 Å². The van der Waals surface area contributed by atoms with E-state index in [1.807, 2.05) is 35.8 Å². The van der Waals surface area contributed by atoms with Gasteiger partial charge < -0.3 is 9.84 Å². The quantitative estimate of drug-likeness (QED) is 0.263. The Hall–Kier alpha value is -1.67. The maximum atomic E-state index is 11.0. The third-order valence-electron chi connectivity index (χ3n) is 2.18. The Morgan fingerprint density at radius 1 is 1.33 bits per heavy atom. The van der Waals surface area contributed by atoms with Crippen molar-refractivity contribution in [2.24, 2.45) is 5.10 Å². The number of ether oxygens (including phenoxy) is 1. The molecule has 1 rings (SSSR count). The van der Waals surface area contributed by atoms with Gasteiger partial charge in [-0.05, 0) is 12.1 Å². The number of esters is 1. The molecule has 0 saturated carbocycles. The van der Waals surface area contributed by atoms with Gasteiger partial charge in [-0.15, -0.1) is 23.5 Å². The van der Waals surface area contributed by atoms with E-state index in [2.05, 4.69) is 9.84 Å². The number of carboxylic acid groups (broad SMARTS) is 1. The van der Waals surface area contributed by atoms with E-state index in [4.69, 9.17) is 5.11 Å². The largest absolute Gasteiger partial charge is 0.469 e. The molecular weight excluding hydrogens is 312 g/mol. The van der Waals surface area contributed by atoms with Gasteiger partial charge in [0.05, 0.1) is 13.5 Å². The number of hydrogen-bond donors (Lipinski definition) is 2. The van der Waals surface area contributed by atoms with Crippen LogP contribution in [0.2, 0.25) is 0 Å². The van der Waals surface area contributed by atoms with Crippen molar-refractivity contribution in [2.75, 3.05) is 18.6 Å². The van der Waals surface area contributed by atoms with Crippen molar-refractivity contribution in [3.8, 4) is 0 Å². The molecule has 21 heavy (non-hydrogen) atoms. The van der Waals surface area contributed by atoms with Crippen molar-refractivity contribution >= 4 is 40.6 Å². The number of carbonyl (C=O) groups excluding carboxylic acids is 1. The first-order chi connectivity index (χ1) is 10.1. The Labute approximate surface area is 131 Å².